The molecule has 0 saturated carbocycles. The third-order valence-electron chi connectivity index (χ3n) is 4.33. The minimum Gasteiger partial charge on any atom is -0.493 e. The standard InChI is InChI=1S/C22H28N2O3/c1-15(17-8-10-18(11-9-17)22(2,3)4)23-24-21(25)14-16-7-12-19(26-5)20(13-16)27-6/h7-13H,14H2,1-6H3,(H,24,25)/b23-15-. The van der Waals surface area contributed by atoms with Crippen LogP contribution >= 0.6 is 0 Å². The van der Waals surface area contributed by atoms with Crippen molar-refractivity contribution >= 4 is 11.6 Å². The number of amides is 1. The number of methoxy groups -OCH3 is 2. The number of carbonyl (C=O) groups excluding carboxylic acids is 1. The molecule has 0 aliphatic heterocycles. The lowest BCUT2D eigenvalue weighted by molar-refractivity contribution is -0.120. The highest BCUT2D eigenvalue weighted by molar-refractivity contribution is 5.99. The summed E-state index contributed by atoms with van der Waals surface area (Å²) >= 11 is 0. The first-order valence-corrected chi connectivity index (χ1v) is 8.89. The minimum absolute atomic E-state index is 0.108. The smallest absolute Gasteiger partial charge is 0.244 e. The largest absolute Gasteiger partial charge is 0.493 e. The number of carbonyl (C=O) groups is 1. The second-order valence-corrected chi connectivity index (χ2v) is 7.43. The summed E-state index contributed by atoms with van der Waals surface area (Å²) in [5.41, 5.74) is 6.55. The highest BCUT2D eigenvalue weighted by atomic mass is 16.5. The van der Waals surface area contributed by atoms with Crippen molar-refractivity contribution in [1.82, 2.24) is 5.43 Å². The van der Waals surface area contributed by atoms with Gasteiger partial charge in [0.1, 0.15) is 0 Å². The zero-order valence-electron chi connectivity index (χ0n) is 16.9. The van der Waals surface area contributed by atoms with Gasteiger partial charge in [-0.05, 0) is 41.2 Å². The Bertz CT molecular complexity index is 818. The lowest BCUT2D eigenvalue weighted by Gasteiger charge is -2.19. The number of rotatable bonds is 6. The normalized spacial score (nSPS) is 11.9. The number of ether oxygens (including phenoxy) is 2. The van der Waals surface area contributed by atoms with E-state index in [-0.39, 0.29) is 17.7 Å². The number of benzene rings is 2. The van der Waals surface area contributed by atoms with E-state index in [4.69, 9.17) is 9.47 Å². The van der Waals surface area contributed by atoms with E-state index >= 15 is 0 Å². The van der Waals surface area contributed by atoms with Gasteiger partial charge in [0.05, 0.1) is 26.4 Å². The molecule has 1 amide bonds. The molecule has 0 saturated heterocycles. The van der Waals surface area contributed by atoms with Crippen LogP contribution in [0.5, 0.6) is 11.5 Å². The number of hydrazone groups is 1. The molecule has 2 aromatic carbocycles. The van der Waals surface area contributed by atoms with Crippen LogP contribution in [0.4, 0.5) is 0 Å². The molecule has 1 N–H and O–H groups in total. The average molecular weight is 368 g/mol. The summed E-state index contributed by atoms with van der Waals surface area (Å²) in [6.45, 7) is 8.41. The Kier molecular flexibility index (Phi) is 6.61. The Morgan fingerprint density at radius 2 is 1.63 bits per heavy atom. The van der Waals surface area contributed by atoms with Gasteiger partial charge in [-0.25, -0.2) is 5.43 Å². The van der Waals surface area contributed by atoms with Gasteiger partial charge in [-0.2, -0.15) is 5.10 Å². The molecule has 0 aliphatic rings. The zero-order chi connectivity index (χ0) is 20.0. The van der Waals surface area contributed by atoms with Gasteiger partial charge in [-0.15, -0.1) is 0 Å². The number of nitrogens with zero attached hydrogens (tertiary/aromatic N) is 1. The molecule has 5 nitrogen and oxygen atoms in total. The summed E-state index contributed by atoms with van der Waals surface area (Å²) in [7, 11) is 3.15. The van der Waals surface area contributed by atoms with Crippen molar-refractivity contribution in [2.45, 2.75) is 39.5 Å². The summed E-state index contributed by atoms with van der Waals surface area (Å²) < 4.78 is 10.5. The molecule has 0 fully saturated rings. The summed E-state index contributed by atoms with van der Waals surface area (Å²) in [5.74, 6) is 1.04. The number of hydrogen-bond donors (Lipinski definition) is 1. The highest BCUT2D eigenvalue weighted by Gasteiger charge is 2.13. The van der Waals surface area contributed by atoms with Crippen LogP contribution in [0.1, 0.15) is 44.4 Å². The van der Waals surface area contributed by atoms with Crippen LogP contribution in [0, 0.1) is 0 Å². The third-order valence-corrected chi connectivity index (χ3v) is 4.33. The first-order valence-electron chi connectivity index (χ1n) is 8.89. The fourth-order valence-electron chi connectivity index (χ4n) is 2.64. The molecule has 0 spiro atoms. The maximum Gasteiger partial charge on any atom is 0.244 e. The van der Waals surface area contributed by atoms with Crippen LogP contribution in [-0.2, 0) is 16.6 Å². The van der Waals surface area contributed by atoms with E-state index in [0.29, 0.717) is 11.5 Å². The Morgan fingerprint density at radius 1 is 1.00 bits per heavy atom. The molecule has 27 heavy (non-hydrogen) atoms. The fourth-order valence-corrected chi connectivity index (χ4v) is 2.64. The van der Waals surface area contributed by atoms with Crippen molar-refractivity contribution < 1.29 is 14.3 Å². The second kappa shape index (κ2) is 8.71. The van der Waals surface area contributed by atoms with Gasteiger partial charge in [0.25, 0.3) is 0 Å². The summed E-state index contributed by atoms with van der Waals surface area (Å²) in [6, 6.07) is 13.7. The molecular formula is C22H28N2O3. The Hall–Kier alpha value is -2.82. The number of hydrogen-bond acceptors (Lipinski definition) is 4. The van der Waals surface area contributed by atoms with Gasteiger partial charge in [0.15, 0.2) is 11.5 Å². The maximum absolute atomic E-state index is 12.2. The van der Waals surface area contributed by atoms with Crippen molar-refractivity contribution in [2.75, 3.05) is 14.2 Å². The third kappa shape index (κ3) is 5.58. The number of nitrogens with one attached hydrogen (secondary N) is 1. The lowest BCUT2D eigenvalue weighted by atomic mass is 9.86. The molecule has 2 aromatic rings. The van der Waals surface area contributed by atoms with Gasteiger partial charge in [-0.3, -0.25) is 4.79 Å². The molecule has 5 heteroatoms. The van der Waals surface area contributed by atoms with Crippen LogP contribution < -0.4 is 14.9 Å². The predicted molar refractivity (Wildman–Crippen MR) is 109 cm³/mol. The van der Waals surface area contributed by atoms with E-state index < -0.39 is 0 Å². The van der Waals surface area contributed by atoms with Gasteiger partial charge < -0.3 is 9.47 Å². The Balaban J connectivity index is 2.01. The molecule has 2 rings (SSSR count). The lowest BCUT2D eigenvalue weighted by Crippen LogP contribution is -2.21. The fraction of sp³-hybridized carbons (Fsp3) is 0.364. The average Bonchev–Trinajstić information content (AvgIpc) is 2.65. The molecule has 0 radical (unpaired) electrons. The maximum atomic E-state index is 12.2. The minimum atomic E-state index is -0.187. The summed E-state index contributed by atoms with van der Waals surface area (Å²) in [6.07, 6.45) is 0.208. The molecule has 144 valence electrons. The van der Waals surface area contributed by atoms with E-state index in [9.17, 15) is 4.79 Å². The van der Waals surface area contributed by atoms with Crippen molar-refractivity contribution in [3.63, 3.8) is 0 Å². The monoisotopic (exact) mass is 368 g/mol. The topological polar surface area (TPSA) is 59.9 Å². The van der Waals surface area contributed by atoms with Gasteiger partial charge in [0.2, 0.25) is 5.91 Å². The van der Waals surface area contributed by atoms with Crippen LogP contribution in [-0.4, -0.2) is 25.8 Å². The SMILES string of the molecule is COc1ccc(CC(=O)N/N=C(/C)c2ccc(C(C)(C)C)cc2)cc1OC. The van der Waals surface area contributed by atoms with E-state index in [0.717, 1.165) is 16.8 Å². The molecule has 0 bridgehead atoms. The van der Waals surface area contributed by atoms with Gasteiger partial charge >= 0.3 is 0 Å². The Morgan fingerprint density at radius 3 is 2.19 bits per heavy atom. The first-order chi connectivity index (χ1) is 12.7. The molecule has 0 heterocycles. The molecule has 0 aliphatic carbocycles. The van der Waals surface area contributed by atoms with E-state index in [1.54, 1.807) is 26.4 Å². The van der Waals surface area contributed by atoms with Crippen molar-refractivity contribution in [3.8, 4) is 11.5 Å². The first kappa shape index (κ1) is 20.5. The zero-order valence-corrected chi connectivity index (χ0v) is 16.9. The molecule has 0 aromatic heterocycles. The van der Waals surface area contributed by atoms with Crippen LogP contribution in [0.25, 0.3) is 0 Å². The Labute approximate surface area is 161 Å². The van der Waals surface area contributed by atoms with E-state index in [1.807, 2.05) is 25.1 Å². The second-order valence-electron chi connectivity index (χ2n) is 7.43. The van der Waals surface area contributed by atoms with Crippen molar-refractivity contribution in [2.24, 2.45) is 5.10 Å². The molecular weight excluding hydrogens is 340 g/mol. The predicted octanol–water partition coefficient (Wildman–Crippen LogP) is 4.08. The summed E-state index contributed by atoms with van der Waals surface area (Å²) in [4.78, 5) is 12.2. The van der Waals surface area contributed by atoms with Crippen LogP contribution in [0.3, 0.4) is 0 Å². The molecule has 0 unspecified atom stereocenters. The van der Waals surface area contributed by atoms with Crippen molar-refractivity contribution in [3.05, 3.63) is 59.2 Å². The quantitative estimate of drug-likeness (QED) is 0.617. The van der Waals surface area contributed by atoms with E-state index in [1.165, 1.54) is 5.56 Å². The highest BCUT2D eigenvalue weighted by Crippen LogP contribution is 2.27. The van der Waals surface area contributed by atoms with Crippen LogP contribution in [0.15, 0.2) is 47.6 Å². The summed E-state index contributed by atoms with van der Waals surface area (Å²) in [5, 5.41) is 4.22. The molecule has 0 atom stereocenters. The van der Waals surface area contributed by atoms with E-state index in [2.05, 4.69) is 43.4 Å². The van der Waals surface area contributed by atoms with Gasteiger partial charge in [-0.1, -0.05) is 51.1 Å². The van der Waals surface area contributed by atoms with Gasteiger partial charge in [0, 0.05) is 0 Å². The van der Waals surface area contributed by atoms with Crippen LogP contribution in [0.2, 0.25) is 0 Å². The van der Waals surface area contributed by atoms with Crippen molar-refractivity contribution in [1.29, 1.82) is 0 Å².